The maximum absolute atomic E-state index is 14.5. The van der Waals surface area contributed by atoms with Gasteiger partial charge < -0.3 is 4.74 Å². The van der Waals surface area contributed by atoms with Crippen LogP contribution in [0.5, 0.6) is 0 Å². The van der Waals surface area contributed by atoms with E-state index in [1.165, 1.54) is 35.3 Å². The molecule has 1 N–H and O–H groups in total. The first-order valence-electron chi connectivity index (χ1n) is 13.0. The van der Waals surface area contributed by atoms with E-state index in [0.29, 0.717) is 27.4 Å². The highest BCUT2D eigenvalue weighted by Gasteiger charge is 2.37. The molecule has 5 rings (SSSR count). The summed E-state index contributed by atoms with van der Waals surface area (Å²) in [6.07, 6.45) is -0.633. The number of methoxy groups -OCH3 is 1. The maximum atomic E-state index is 14.5. The van der Waals surface area contributed by atoms with E-state index in [1.807, 2.05) is 6.92 Å². The van der Waals surface area contributed by atoms with Crippen molar-refractivity contribution in [3.63, 3.8) is 0 Å². The highest BCUT2D eigenvalue weighted by molar-refractivity contribution is 9.09. The van der Waals surface area contributed by atoms with E-state index in [1.54, 1.807) is 78.9 Å². The van der Waals surface area contributed by atoms with Crippen molar-refractivity contribution in [3.8, 4) is 0 Å². The number of aromatic nitrogens is 1. The number of aryl methyl sites for hydroxylation is 1. The quantitative estimate of drug-likeness (QED) is 0.160. The Morgan fingerprint density at radius 3 is 2.10 bits per heavy atom. The van der Waals surface area contributed by atoms with E-state index in [-0.39, 0.29) is 20.5 Å². The Balaban J connectivity index is 1.91. The van der Waals surface area contributed by atoms with Crippen LogP contribution in [0, 0.1) is 6.92 Å². The van der Waals surface area contributed by atoms with Crippen LogP contribution in [-0.2, 0) is 24.8 Å². The Hall–Kier alpha value is -2.99. The van der Waals surface area contributed by atoms with Gasteiger partial charge in [0.1, 0.15) is 0 Å². The molecule has 0 aliphatic heterocycles. The summed E-state index contributed by atoms with van der Waals surface area (Å²) >= 11 is 10.2. The van der Waals surface area contributed by atoms with Crippen molar-refractivity contribution in [1.82, 2.24) is 8.69 Å². The van der Waals surface area contributed by atoms with Gasteiger partial charge in [-0.3, -0.25) is 0 Å². The Morgan fingerprint density at radius 2 is 1.45 bits per heavy atom. The number of halogens is 2. The predicted octanol–water partition coefficient (Wildman–Crippen LogP) is 6.99. The SMILES string of the molecule is COC(CBr)c1c(C(NS(=O)(=O)c2ccc(C)cc2)c2ccccc2Cl)n(S(=O)(=O)c2ccccc2)c2ccccc12. The summed E-state index contributed by atoms with van der Waals surface area (Å²) in [4.78, 5) is 0.0785. The first kappa shape index (κ1) is 30.5. The Morgan fingerprint density at radius 1 is 0.833 bits per heavy atom. The van der Waals surface area contributed by atoms with Crippen molar-refractivity contribution in [2.24, 2.45) is 0 Å². The summed E-state index contributed by atoms with van der Waals surface area (Å²) < 4.78 is 66.7. The number of hydrogen-bond acceptors (Lipinski definition) is 5. The fourth-order valence-electron chi connectivity index (χ4n) is 5.00. The van der Waals surface area contributed by atoms with Gasteiger partial charge in [-0.15, -0.1) is 0 Å². The number of ether oxygens (including phenoxy) is 1. The molecule has 42 heavy (non-hydrogen) atoms. The van der Waals surface area contributed by atoms with Gasteiger partial charge in [-0.2, -0.15) is 4.72 Å². The van der Waals surface area contributed by atoms with E-state index in [9.17, 15) is 16.8 Å². The number of para-hydroxylation sites is 1. The summed E-state index contributed by atoms with van der Waals surface area (Å²) in [5.41, 5.74) is 2.35. The number of nitrogens with zero attached hydrogens (tertiary/aromatic N) is 1. The lowest BCUT2D eigenvalue weighted by Gasteiger charge is -2.26. The van der Waals surface area contributed by atoms with Crippen LogP contribution in [0.4, 0.5) is 0 Å². The summed E-state index contributed by atoms with van der Waals surface area (Å²) in [5, 5.41) is 1.18. The zero-order valence-electron chi connectivity index (χ0n) is 22.7. The molecule has 0 aliphatic carbocycles. The minimum atomic E-state index is -4.25. The molecule has 11 heteroatoms. The molecule has 2 atom stereocenters. The Labute approximate surface area is 259 Å². The van der Waals surface area contributed by atoms with E-state index in [0.717, 1.165) is 5.56 Å². The summed E-state index contributed by atoms with van der Waals surface area (Å²) in [6.45, 7) is 1.86. The summed E-state index contributed by atoms with van der Waals surface area (Å²) in [6, 6.07) is 27.0. The summed E-state index contributed by atoms with van der Waals surface area (Å²) in [7, 11) is -6.91. The molecule has 5 aromatic rings. The molecule has 1 heterocycles. The smallest absolute Gasteiger partial charge is 0.268 e. The van der Waals surface area contributed by atoms with Crippen molar-refractivity contribution in [2.45, 2.75) is 28.9 Å². The van der Waals surface area contributed by atoms with Crippen molar-refractivity contribution in [3.05, 3.63) is 131 Å². The monoisotopic (exact) mass is 686 g/mol. The molecule has 0 spiro atoms. The minimum absolute atomic E-state index is 0.0315. The van der Waals surface area contributed by atoms with Gasteiger partial charge in [0.05, 0.1) is 33.1 Å². The molecule has 0 radical (unpaired) electrons. The lowest BCUT2D eigenvalue weighted by Crippen LogP contribution is -2.33. The summed E-state index contributed by atoms with van der Waals surface area (Å²) in [5.74, 6) is 0. The van der Waals surface area contributed by atoms with Crippen LogP contribution in [0.15, 0.2) is 113 Å². The van der Waals surface area contributed by atoms with Crippen LogP contribution in [-0.4, -0.2) is 33.2 Å². The standard InChI is InChI=1S/C31H28BrClN2O5S2/c1-21-16-18-22(19-17-21)41(36,37)34-30(24-12-6-8-14-26(24)33)31-29(28(20-32)40-2)25-13-7-9-15-27(25)35(31)42(38,39)23-10-4-3-5-11-23/h3-19,28,30,34H,20H2,1-2H3. The number of fused-ring (bicyclic) bond motifs is 1. The molecule has 0 saturated carbocycles. The normalized spacial score (nSPS) is 13.7. The second kappa shape index (κ2) is 12.3. The molecular formula is C31H28BrClN2O5S2. The number of hydrogen-bond donors (Lipinski definition) is 1. The van der Waals surface area contributed by atoms with E-state index < -0.39 is 32.2 Å². The fourth-order valence-corrected chi connectivity index (χ4v) is 8.60. The molecule has 218 valence electrons. The highest BCUT2D eigenvalue weighted by atomic mass is 79.9. The van der Waals surface area contributed by atoms with Crippen LogP contribution < -0.4 is 4.72 Å². The van der Waals surface area contributed by atoms with Crippen LogP contribution in [0.1, 0.15) is 34.5 Å². The van der Waals surface area contributed by atoms with Gasteiger partial charge in [0, 0.05) is 28.4 Å². The average Bonchev–Trinajstić information content (AvgIpc) is 3.33. The van der Waals surface area contributed by atoms with E-state index in [4.69, 9.17) is 16.3 Å². The third kappa shape index (κ3) is 5.67. The second-order valence-electron chi connectivity index (χ2n) is 9.67. The van der Waals surface area contributed by atoms with Crippen molar-refractivity contribution >= 4 is 58.5 Å². The largest absolute Gasteiger partial charge is 0.376 e. The van der Waals surface area contributed by atoms with Crippen LogP contribution in [0.3, 0.4) is 0 Å². The third-order valence-electron chi connectivity index (χ3n) is 7.03. The van der Waals surface area contributed by atoms with E-state index >= 15 is 0 Å². The average molecular weight is 688 g/mol. The number of alkyl halides is 1. The predicted molar refractivity (Wildman–Crippen MR) is 169 cm³/mol. The van der Waals surface area contributed by atoms with Gasteiger partial charge >= 0.3 is 0 Å². The zero-order valence-corrected chi connectivity index (χ0v) is 26.7. The molecule has 2 unspecified atom stereocenters. The molecule has 0 aliphatic rings. The van der Waals surface area contributed by atoms with Crippen molar-refractivity contribution < 1.29 is 21.6 Å². The second-order valence-corrected chi connectivity index (χ2v) is 14.2. The van der Waals surface area contributed by atoms with Gasteiger partial charge in [-0.1, -0.05) is 99.8 Å². The first-order valence-corrected chi connectivity index (χ1v) is 17.4. The molecule has 1 aromatic heterocycles. The van der Waals surface area contributed by atoms with Gasteiger partial charge in [-0.05, 0) is 48.9 Å². The van der Waals surface area contributed by atoms with Gasteiger partial charge in [0.15, 0.2) is 0 Å². The molecule has 0 bridgehead atoms. The molecule has 7 nitrogen and oxygen atoms in total. The van der Waals surface area contributed by atoms with Crippen molar-refractivity contribution in [2.75, 3.05) is 12.4 Å². The van der Waals surface area contributed by atoms with Gasteiger partial charge in [0.25, 0.3) is 10.0 Å². The van der Waals surface area contributed by atoms with Crippen molar-refractivity contribution in [1.29, 1.82) is 0 Å². The Kier molecular flexibility index (Phi) is 8.94. The number of benzene rings is 4. The van der Waals surface area contributed by atoms with Gasteiger partial charge in [0.2, 0.25) is 10.0 Å². The van der Waals surface area contributed by atoms with E-state index in [2.05, 4.69) is 20.7 Å². The lowest BCUT2D eigenvalue weighted by molar-refractivity contribution is 0.124. The minimum Gasteiger partial charge on any atom is -0.376 e. The molecule has 0 amide bonds. The highest BCUT2D eigenvalue weighted by Crippen LogP contribution is 2.42. The molecule has 4 aromatic carbocycles. The maximum Gasteiger partial charge on any atom is 0.268 e. The number of nitrogens with one attached hydrogen (secondary N) is 1. The lowest BCUT2D eigenvalue weighted by atomic mass is 9.97. The van der Waals surface area contributed by atoms with Gasteiger partial charge in [-0.25, -0.2) is 20.8 Å². The topological polar surface area (TPSA) is 94.5 Å². The van der Waals surface area contributed by atoms with Crippen LogP contribution in [0.25, 0.3) is 10.9 Å². The zero-order chi connectivity index (χ0) is 30.1. The molecular weight excluding hydrogens is 660 g/mol. The molecule has 0 saturated heterocycles. The molecule has 0 fully saturated rings. The Bertz CT molecular complexity index is 1940. The number of sulfonamides is 1. The third-order valence-corrected chi connectivity index (χ3v) is 11.1. The first-order chi connectivity index (χ1) is 20.1. The van der Waals surface area contributed by atoms with Crippen LogP contribution >= 0.6 is 27.5 Å². The number of rotatable bonds is 10. The fraction of sp³-hybridized carbons (Fsp3) is 0.161. The van der Waals surface area contributed by atoms with Crippen LogP contribution in [0.2, 0.25) is 5.02 Å².